The maximum absolute atomic E-state index is 11.0. The maximum Gasteiger partial charge on any atom is 0.348 e. The Labute approximate surface area is 111 Å². The second-order valence-corrected chi connectivity index (χ2v) is 5.70. The summed E-state index contributed by atoms with van der Waals surface area (Å²) in [6.07, 6.45) is 0. The zero-order valence-corrected chi connectivity index (χ0v) is 11.9. The van der Waals surface area contributed by atoms with Gasteiger partial charge in [-0.25, -0.2) is 9.97 Å². The minimum absolute atomic E-state index is 0.0162. The number of nitrogens with zero attached hydrogens (tertiary/aromatic N) is 3. The van der Waals surface area contributed by atoms with E-state index in [0.717, 1.165) is 0 Å². The predicted octanol–water partition coefficient (Wildman–Crippen LogP) is 3.16. The smallest absolute Gasteiger partial charge is 0.348 e. The molecule has 0 aliphatic rings. The Bertz CT molecular complexity index is 469. The van der Waals surface area contributed by atoms with E-state index < -0.39 is 4.92 Å². The molecule has 0 aromatic carbocycles. The standard InChI is InChI=1S/C11H17ClN4O2/c1-6(2)13-9-7(16(17)18)8(12)14-10(15-9)11(3,4)5/h6H,1-5H3,(H,13,14,15). The average Bonchev–Trinajstić information content (AvgIpc) is 2.13. The molecule has 1 rings (SSSR count). The van der Waals surface area contributed by atoms with Crippen LogP contribution in [-0.4, -0.2) is 20.9 Å². The van der Waals surface area contributed by atoms with Gasteiger partial charge in [0.1, 0.15) is 5.82 Å². The van der Waals surface area contributed by atoms with Crippen molar-refractivity contribution in [2.24, 2.45) is 0 Å². The molecule has 18 heavy (non-hydrogen) atoms. The highest BCUT2D eigenvalue weighted by Crippen LogP contribution is 2.32. The van der Waals surface area contributed by atoms with E-state index in [4.69, 9.17) is 11.6 Å². The highest BCUT2D eigenvalue weighted by Gasteiger charge is 2.28. The van der Waals surface area contributed by atoms with Gasteiger partial charge in [-0.2, -0.15) is 0 Å². The molecule has 0 aliphatic heterocycles. The molecule has 0 radical (unpaired) electrons. The van der Waals surface area contributed by atoms with E-state index >= 15 is 0 Å². The maximum atomic E-state index is 11.0. The molecule has 0 aliphatic carbocycles. The van der Waals surface area contributed by atoms with Crippen LogP contribution in [0.25, 0.3) is 0 Å². The first-order chi connectivity index (χ1) is 8.12. The number of aromatic nitrogens is 2. The third-order valence-electron chi connectivity index (χ3n) is 2.12. The molecule has 0 saturated heterocycles. The van der Waals surface area contributed by atoms with Crippen molar-refractivity contribution < 1.29 is 4.92 Å². The minimum atomic E-state index is -0.570. The molecule has 0 fully saturated rings. The van der Waals surface area contributed by atoms with E-state index in [2.05, 4.69) is 15.3 Å². The molecule has 0 unspecified atom stereocenters. The van der Waals surface area contributed by atoms with Crippen molar-refractivity contribution in [3.05, 3.63) is 21.1 Å². The van der Waals surface area contributed by atoms with Crippen LogP contribution in [0.1, 0.15) is 40.4 Å². The van der Waals surface area contributed by atoms with E-state index in [1.165, 1.54) is 0 Å². The molecule has 0 atom stereocenters. The predicted molar refractivity (Wildman–Crippen MR) is 71.2 cm³/mol. The number of hydrogen-bond donors (Lipinski definition) is 1. The number of nitrogens with one attached hydrogen (secondary N) is 1. The fraction of sp³-hybridized carbons (Fsp3) is 0.636. The Hall–Kier alpha value is -1.43. The first-order valence-corrected chi connectivity index (χ1v) is 5.99. The van der Waals surface area contributed by atoms with Crippen LogP contribution in [0.5, 0.6) is 0 Å². The third-order valence-corrected chi connectivity index (χ3v) is 2.38. The van der Waals surface area contributed by atoms with Crippen LogP contribution in [0.2, 0.25) is 5.15 Å². The molecule has 0 amide bonds. The largest absolute Gasteiger partial charge is 0.362 e. The Morgan fingerprint density at radius 1 is 1.33 bits per heavy atom. The number of anilines is 1. The van der Waals surface area contributed by atoms with Gasteiger partial charge in [-0.15, -0.1) is 0 Å². The summed E-state index contributed by atoms with van der Waals surface area (Å²) in [5.41, 5.74) is -0.606. The molecule has 0 bridgehead atoms. The topological polar surface area (TPSA) is 81.0 Å². The monoisotopic (exact) mass is 272 g/mol. The molecule has 6 nitrogen and oxygen atoms in total. The van der Waals surface area contributed by atoms with Gasteiger partial charge < -0.3 is 5.32 Å². The second-order valence-electron chi connectivity index (χ2n) is 5.34. The van der Waals surface area contributed by atoms with Crippen LogP contribution < -0.4 is 5.32 Å². The van der Waals surface area contributed by atoms with Crippen molar-refractivity contribution in [1.82, 2.24) is 9.97 Å². The van der Waals surface area contributed by atoms with Crippen molar-refractivity contribution in [3.8, 4) is 0 Å². The van der Waals surface area contributed by atoms with Crippen molar-refractivity contribution in [2.75, 3.05) is 5.32 Å². The third kappa shape index (κ3) is 3.29. The molecule has 0 saturated carbocycles. The van der Waals surface area contributed by atoms with Gasteiger partial charge in [0.2, 0.25) is 11.0 Å². The van der Waals surface area contributed by atoms with Crippen molar-refractivity contribution >= 4 is 23.1 Å². The Morgan fingerprint density at radius 3 is 2.28 bits per heavy atom. The average molecular weight is 273 g/mol. The molecule has 1 aromatic heterocycles. The molecule has 1 heterocycles. The van der Waals surface area contributed by atoms with E-state index in [9.17, 15) is 10.1 Å². The van der Waals surface area contributed by atoms with E-state index in [1.807, 2.05) is 34.6 Å². The summed E-state index contributed by atoms with van der Waals surface area (Å²) in [6.45, 7) is 9.50. The van der Waals surface area contributed by atoms with E-state index in [-0.39, 0.29) is 28.1 Å². The summed E-state index contributed by atoms with van der Waals surface area (Å²) < 4.78 is 0. The highest BCUT2D eigenvalue weighted by molar-refractivity contribution is 6.31. The van der Waals surface area contributed by atoms with Crippen molar-refractivity contribution in [3.63, 3.8) is 0 Å². The SMILES string of the molecule is CC(C)Nc1nc(C(C)(C)C)nc(Cl)c1[N+](=O)[O-]. The van der Waals surface area contributed by atoms with Gasteiger partial charge in [0.25, 0.3) is 0 Å². The van der Waals surface area contributed by atoms with Gasteiger partial charge in [0.05, 0.1) is 4.92 Å². The van der Waals surface area contributed by atoms with Gasteiger partial charge in [0.15, 0.2) is 0 Å². The lowest BCUT2D eigenvalue weighted by atomic mass is 9.96. The Kier molecular flexibility index (Phi) is 4.11. The molecule has 1 N–H and O–H groups in total. The Morgan fingerprint density at radius 2 is 1.89 bits per heavy atom. The fourth-order valence-corrected chi connectivity index (χ4v) is 1.54. The first kappa shape index (κ1) is 14.6. The van der Waals surface area contributed by atoms with Gasteiger partial charge in [0, 0.05) is 11.5 Å². The summed E-state index contributed by atoms with van der Waals surface area (Å²) in [4.78, 5) is 18.6. The Balaban J connectivity index is 3.42. The summed E-state index contributed by atoms with van der Waals surface area (Å²) >= 11 is 5.89. The summed E-state index contributed by atoms with van der Waals surface area (Å²) in [5, 5.41) is 13.8. The summed E-state index contributed by atoms with van der Waals surface area (Å²) in [6, 6.07) is 0.0162. The van der Waals surface area contributed by atoms with Crippen LogP contribution in [0, 0.1) is 10.1 Å². The second kappa shape index (κ2) is 5.06. The van der Waals surface area contributed by atoms with Gasteiger partial charge in [-0.05, 0) is 13.8 Å². The lowest BCUT2D eigenvalue weighted by molar-refractivity contribution is -0.384. The zero-order valence-electron chi connectivity index (χ0n) is 11.1. The number of nitro groups is 1. The molecule has 1 aromatic rings. The number of hydrogen-bond acceptors (Lipinski definition) is 5. The van der Waals surface area contributed by atoms with Crippen LogP contribution >= 0.6 is 11.6 Å². The molecule has 0 spiro atoms. The minimum Gasteiger partial charge on any atom is -0.362 e. The quantitative estimate of drug-likeness (QED) is 0.519. The van der Waals surface area contributed by atoms with Crippen LogP contribution in [0.4, 0.5) is 11.5 Å². The van der Waals surface area contributed by atoms with Gasteiger partial charge in [-0.1, -0.05) is 32.4 Å². The van der Waals surface area contributed by atoms with Crippen molar-refractivity contribution in [1.29, 1.82) is 0 Å². The van der Waals surface area contributed by atoms with Gasteiger partial charge in [-0.3, -0.25) is 10.1 Å². The van der Waals surface area contributed by atoms with Crippen LogP contribution in [0.15, 0.2) is 0 Å². The lowest BCUT2D eigenvalue weighted by Crippen LogP contribution is -2.20. The molecular weight excluding hydrogens is 256 g/mol. The zero-order chi connectivity index (χ0) is 14.1. The van der Waals surface area contributed by atoms with Crippen LogP contribution in [-0.2, 0) is 5.41 Å². The van der Waals surface area contributed by atoms with E-state index in [0.29, 0.717) is 5.82 Å². The van der Waals surface area contributed by atoms with Crippen LogP contribution in [0.3, 0.4) is 0 Å². The first-order valence-electron chi connectivity index (χ1n) is 5.62. The molecule has 7 heteroatoms. The number of rotatable bonds is 3. The van der Waals surface area contributed by atoms with E-state index in [1.54, 1.807) is 0 Å². The molecular formula is C11H17ClN4O2. The van der Waals surface area contributed by atoms with Gasteiger partial charge >= 0.3 is 5.69 Å². The summed E-state index contributed by atoms with van der Waals surface area (Å²) in [7, 11) is 0. The number of halogens is 1. The van der Waals surface area contributed by atoms with Crippen molar-refractivity contribution in [2.45, 2.75) is 46.1 Å². The highest BCUT2D eigenvalue weighted by atomic mass is 35.5. The molecule has 100 valence electrons. The summed E-state index contributed by atoms with van der Waals surface area (Å²) in [5.74, 6) is 0.640. The lowest BCUT2D eigenvalue weighted by Gasteiger charge is -2.18. The normalized spacial score (nSPS) is 11.7. The fourth-order valence-electron chi connectivity index (χ4n) is 1.30.